The summed E-state index contributed by atoms with van der Waals surface area (Å²) in [5.74, 6) is -0.234. The maximum absolute atomic E-state index is 11.7. The Balaban J connectivity index is 2.23. The smallest absolute Gasteiger partial charge is 0.261 e. The molecule has 3 nitrogen and oxygen atoms in total. The van der Waals surface area contributed by atoms with E-state index in [1.165, 1.54) is 0 Å². The number of nitrogens with one attached hydrogen (secondary N) is 1. The van der Waals surface area contributed by atoms with Gasteiger partial charge in [-0.25, -0.2) is 8.78 Å². The number of ether oxygens (including phenoxy) is 1. The summed E-state index contributed by atoms with van der Waals surface area (Å²) in [6.45, 7) is -0.294. The van der Waals surface area contributed by atoms with Crippen molar-refractivity contribution in [2.24, 2.45) is 0 Å². The number of amides is 1. The summed E-state index contributed by atoms with van der Waals surface area (Å²) in [6, 6.07) is 7.06. The van der Waals surface area contributed by atoms with E-state index < -0.39 is 13.0 Å². The van der Waals surface area contributed by atoms with Crippen LogP contribution in [0, 0.1) is 3.57 Å². The van der Waals surface area contributed by atoms with Crippen LogP contribution < -0.4 is 5.32 Å². The third-order valence-corrected chi connectivity index (χ3v) is 2.60. The quantitative estimate of drug-likeness (QED) is 0.628. The number of carbonyl (C=O) groups excluding carboxylic acids is 1. The van der Waals surface area contributed by atoms with Crippen molar-refractivity contribution in [2.45, 2.75) is 6.43 Å². The zero-order chi connectivity index (χ0) is 12.7. The molecule has 1 amide bonds. The SMILES string of the molecule is O=C(NCCOCC(F)F)c1ccc(I)cc1. The second-order valence-electron chi connectivity index (χ2n) is 3.23. The third-order valence-electron chi connectivity index (χ3n) is 1.88. The standard InChI is InChI=1S/C11H12F2INO2/c12-10(13)7-17-6-5-15-11(16)8-1-3-9(14)4-2-8/h1-4,10H,5-7H2,(H,15,16). The third kappa shape index (κ3) is 5.92. The molecule has 0 aliphatic heterocycles. The molecule has 0 aliphatic carbocycles. The van der Waals surface area contributed by atoms with E-state index in [-0.39, 0.29) is 19.1 Å². The van der Waals surface area contributed by atoms with Crippen LogP contribution in [0.3, 0.4) is 0 Å². The Bertz CT molecular complexity index is 357. The van der Waals surface area contributed by atoms with Crippen molar-refractivity contribution in [1.82, 2.24) is 5.32 Å². The number of rotatable bonds is 6. The summed E-state index contributed by atoms with van der Waals surface area (Å²) < 4.78 is 29.1. The summed E-state index contributed by atoms with van der Waals surface area (Å²) in [4.78, 5) is 11.5. The van der Waals surface area contributed by atoms with Crippen molar-refractivity contribution in [3.8, 4) is 0 Å². The Morgan fingerprint density at radius 1 is 1.35 bits per heavy atom. The number of carbonyl (C=O) groups is 1. The van der Waals surface area contributed by atoms with Gasteiger partial charge in [-0.2, -0.15) is 0 Å². The van der Waals surface area contributed by atoms with Crippen LogP contribution in [0.15, 0.2) is 24.3 Å². The van der Waals surface area contributed by atoms with Gasteiger partial charge in [-0.3, -0.25) is 4.79 Å². The van der Waals surface area contributed by atoms with E-state index in [1.807, 2.05) is 12.1 Å². The average molecular weight is 355 g/mol. The molecule has 0 saturated carbocycles. The highest BCUT2D eigenvalue weighted by Crippen LogP contribution is 2.06. The van der Waals surface area contributed by atoms with Crippen LogP contribution in [-0.2, 0) is 4.74 Å². The van der Waals surface area contributed by atoms with Crippen molar-refractivity contribution in [2.75, 3.05) is 19.8 Å². The number of hydrogen-bond acceptors (Lipinski definition) is 2. The van der Waals surface area contributed by atoms with Gasteiger partial charge in [0.15, 0.2) is 0 Å². The zero-order valence-corrected chi connectivity index (χ0v) is 11.1. The number of halogens is 3. The second kappa shape index (κ2) is 7.54. The van der Waals surface area contributed by atoms with Gasteiger partial charge in [-0.15, -0.1) is 0 Å². The molecular formula is C11H12F2INO2. The molecule has 0 unspecified atom stereocenters. The van der Waals surface area contributed by atoms with E-state index in [0.717, 1.165) is 3.57 Å². The molecular weight excluding hydrogens is 343 g/mol. The van der Waals surface area contributed by atoms with Gasteiger partial charge in [0.05, 0.1) is 6.61 Å². The second-order valence-corrected chi connectivity index (χ2v) is 4.47. The van der Waals surface area contributed by atoms with Crippen LogP contribution in [0.25, 0.3) is 0 Å². The summed E-state index contributed by atoms with van der Waals surface area (Å²) in [6.07, 6.45) is -2.47. The van der Waals surface area contributed by atoms with Crippen molar-refractivity contribution in [1.29, 1.82) is 0 Å². The molecule has 0 saturated heterocycles. The molecule has 1 aromatic rings. The summed E-state index contributed by atoms with van der Waals surface area (Å²) >= 11 is 2.14. The van der Waals surface area contributed by atoms with E-state index >= 15 is 0 Å². The van der Waals surface area contributed by atoms with E-state index in [2.05, 4.69) is 32.6 Å². The van der Waals surface area contributed by atoms with E-state index in [0.29, 0.717) is 5.56 Å². The zero-order valence-electron chi connectivity index (χ0n) is 8.96. The van der Waals surface area contributed by atoms with Crippen LogP contribution in [-0.4, -0.2) is 32.1 Å². The van der Waals surface area contributed by atoms with Gasteiger partial charge < -0.3 is 10.1 Å². The lowest BCUT2D eigenvalue weighted by Gasteiger charge is -2.06. The summed E-state index contributed by atoms with van der Waals surface area (Å²) in [5, 5.41) is 2.58. The Morgan fingerprint density at radius 3 is 2.59 bits per heavy atom. The Kier molecular flexibility index (Phi) is 6.35. The van der Waals surface area contributed by atoms with Gasteiger partial charge in [-0.1, -0.05) is 0 Å². The van der Waals surface area contributed by atoms with Gasteiger partial charge in [-0.05, 0) is 46.9 Å². The molecule has 94 valence electrons. The maximum Gasteiger partial charge on any atom is 0.261 e. The molecule has 0 spiro atoms. The lowest BCUT2D eigenvalue weighted by atomic mass is 10.2. The monoisotopic (exact) mass is 355 g/mol. The summed E-state index contributed by atoms with van der Waals surface area (Å²) in [5.41, 5.74) is 0.541. The molecule has 1 aromatic carbocycles. The van der Waals surface area contributed by atoms with Gasteiger partial charge in [0, 0.05) is 15.7 Å². The van der Waals surface area contributed by atoms with E-state index in [9.17, 15) is 13.6 Å². The first-order valence-corrected chi connectivity index (χ1v) is 6.07. The minimum Gasteiger partial charge on any atom is -0.374 e. The molecule has 0 radical (unpaired) electrons. The summed E-state index contributed by atoms with van der Waals surface area (Å²) in [7, 11) is 0. The highest BCUT2D eigenvalue weighted by Gasteiger charge is 2.05. The molecule has 0 fully saturated rings. The lowest BCUT2D eigenvalue weighted by Crippen LogP contribution is -2.27. The fraction of sp³-hybridized carbons (Fsp3) is 0.364. The lowest BCUT2D eigenvalue weighted by molar-refractivity contribution is 0.0188. The van der Waals surface area contributed by atoms with Crippen LogP contribution in [0.1, 0.15) is 10.4 Å². The molecule has 0 heterocycles. The fourth-order valence-corrected chi connectivity index (χ4v) is 1.47. The minimum absolute atomic E-state index is 0.0838. The normalized spacial score (nSPS) is 10.6. The number of alkyl halides is 2. The van der Waals surface area contributed by atoms with Crippen LogP contribution in [0.4, 0.5) is 8.78 Å². The molecule has 0 bridgehead atoms. The predicted molar refractivity (Wildman–Crippen MR) is 68.3 cm³/mol. The van der Waals surface area contributed by atoms with Gasteiger partial charge in [0.1, 0.15) is 6.61 Å². The van der Waals surface area contributed by atoms with Crippen molar-refractivity contribution in [3.63, 3.8) is 0 Å². The number of benzene rings is 1. The maximum atomic E-state index is 11.7. The van der Waals surface area contributed by atoms with Crippen molar-refractivity contribution in [3.05, 3.63) is 33.4 Å². The van der Waals surface area contributed by atoms with Crippen LogP contribution in [0.2, 0.25) is 0 Å². The van der Waals surface area contributed by atoms with Crippen molar-refractivity contribution < 1.29 is 18.3 Å². The van der Waals surface area contributed by atoms with Gasteiger partial charge in [0.2, 0.25) is 0 Å². The average Bonchev–Trinajstić information content (AvgIpc) is 2.29. The predicted octanol–water partition coefficient (Wildman–Crippen LogP) is 2.30. The molecule has 17 heavy (non-hydrogen) atoms. The van der Waals surface area contributed by atoms with Crippen LogP contribution in [0.5, 0.6) is 0 Å². The van der Waals surface area contributed by atoms with E-state index in [4.69, 9.17) is 0 Å². The Morgan fingerprint density at radius 2 is 2.00 bits per heavy atom. The molecule has 1 N–H and O–H groups in total. The molecule has 0 aliphatic rings. The first-order chi connectivity index (χ1) is 8.09. The highest BCUT2D eigenvalue weighted by molar-refractivity contribution is 14.1. The largest absolute Gasteiger partial charge is 0.374 e. The molecule has 6 heteroatoms. The molecule has 1 rings (SSSR count). The Hall–Kier alpha value is -0.760. The van der Waals surface area contributed by atoms with Crippen molar-refractivity contribution >= 4 is 28.5 Å². The van der Waals surface area contributed by atoms with Crippen LogP contribution >= 0.6 is 22.6 Å². The fourth-order valence-electron chi connectivity index (χ4n) is 1.11. The van der Waals surface area contributed by atoms with Gasteiger partial charge >= 0.3 is 0 Å². The number of hydrogen-bond donors (Lipinski definition) is 1. The highest BCUT2D eigenvalue weighted by atomic mass is 127. The first-order valence-electron chi connectivity index (χ1n) is 4.99. The minimum atomic E-state index is -2.47. The van der Waals surface area contributed by atoms with Gasteiger partial charge in [0.25, 0.3) is 12.3 Å². The Labute approximate surface area is 112 Å². The first kappa shape index (κ1) is 14.3. The topological polar surface area (TPSA) is 38.3 Å². The molecule has 0 atom stereocenters. The molecule has 0 aromatic heterocycles. The van der Waals surface area contributed by atoms with E-state index in [1.54, 1.807) is 12.1 Å².